The standard InChI is InChI=1S/C16H13FN2/c1-10-8-14(18)12-4-2-3-5-13(12)16(10)11-6-7-15(17)19-9-11/h2-9H,18H2,1H3. The van der Waals surface area contributed by atoms with Crippen LogP contribution in [0.5, 0.6) is 0 Å². The normalized spacial score (nSPS) is 10.8. The molecule has 0 aliphatic carbocycles. The molecule has 2 nitrogen and oxygen atoms in total. The highest BCUT2D eigenvalue weighted by Crippen LogP contribution is 2.34. The summed E-state index contributed by atoms with van der Waals surface area (Å²) < 4.78 is 12.9. The highest BCUT2D eigenvalue weighted by Gasteiger charge is 2.10. The smallest absolute Gasteiger partial charge is 0.212 e. The van der Waals surface area contributed by atoms with Gasteiger partial charge in [-0.05, 0) is 41.6 Å². The van der Waals surface area contributed by atoms with Crippen LogP contribution in [0.1, 0.15) is 5.56 Å². The number of aromatic nitrogens is 1. The van der Waals surface area contributed by atoms with Gasteiger partial charge in [0.2, 0.25) is 5.95 Å². The number of nitrogen functional groups attached to an aromatic ring is 1. The Morgan fingerprint density at radius 1 is 1.05 bits per heavy atom. The van der Waals surface area contributed by atoms with Crippen molar-refractivity contribution >= 4 is 16.5 Å². The van der Waals surface area contributed by atoms with Crippen molar-refractivity contribution in [2.75, 3.05) is 5.73 Å². The summed E-state index contributed by atoms with van der Waals surface area (Å²) in [6.07, 6.45) is 1.56. The van der Waals surface area contributed by atoms with Crippen LogP contribution in [-0.2, 0) is 0 Å². The number of fused-ring (bicyclic) bond motifs is 1. The van der Waals surface area contributed by atoms with Crippen LogP contribution in [0.15, 0.2) is 48.7 Å². The van der Waals surface area contributed by atoms with Gasteiger partial charge in [0.15, 0.2) is 0 Å². The third kappa shape index (κ3) is 1.93. The molecule has 2 aromatic carbocycles. The molecule has 0 spiro atoms. The number of anilines is 1. The number of nitrogens with zero attached hydrogens (tertiary/aromatic N) is 1. The van der Waals surface area contributed by atoms with Crippen LogP contribution < -0.4 is 5.73 Å². The van der Waals surface area contributed by atoms with Gasteiger partial charge < -0.3 is 5.73 Å². The first-order valence-corrected chi connectivity index (χ1v) is 6.06. The third-order valence-corrected chi connectivity index (χ3v) is 3.29. The number of aryl methyl sites for hydroxylation is 1. The van der Waals surface area contributed by atoms with E-state index in [1.807, 2.05) is 37.3 Å². The minimum atomic E-state index is -0.471. The Kier molecular flexibility index (Phi) is 2.67. The van der Waals surface area contributed by atoms with Gasteiger partial charge in [0.05, 0.1) is 0 Å². The molecule has 0 saturated carbocycles. The highest BCUT2D eigenvalue weighted by atomic mass is 19.1. The fraction of sp³-hybridized carbons (Fsp3) is 0.0625. The summed E-state index contributed by atoms with van der Waals surface area (Å²) in [5.74, 6) is -0.471. The van der Waals surface area contributed by atoms with Gasteiger partial charge >= 0.3 is 0 Å². The lowest BCUT2D eigenvalue weighted by molar-refractivity contribution is 0.584. The molecule has 0 atom stereocenters. The lowest BCUT2D eigenvalue weighted by atomic mass is 9.94. The van der Waals surface area contributed by atoms with Gasteiger partial charge in [0.25, 0.3) is 0 Å². The van der Waals surface area contributed by atoms with Crippen molar-refractivity contribution in [2.45, 2.75) is 6.92 Å². The van der Waals surface area contributed by atoms with Gasteiger partial charge in [-0.25, -0.2) is 4.98 Å². The van der Waals surface area contributed by atoms with Gasteiger partial charge in [-0.1, -0.05) is 24.3 Å². The fourth-order valence-electron chi connectivity index (χ4n) is 2.46. The molecular weight excluding hydrogens is 239 g/mol. The summed E-state index contributed by atoms with van der Waals surface area (Å²) in [5.41, 5.74) is 9.82. The highest BCUT2D eigenvalue weighted by molar-refractivity contribution is 6.04. The van der Waals surface area contributed by atoms with E-state index in [9.17, 15) is 4.39 Å². The molecule has 94 valence electrons. The summed E-state index contributed by atoms with van der Waals surface area (Å²) in [6.45, 7) is 2.00. The predicted octanol–water partition coefficient (Wildman–Crippen LogP) is 3.93. The van der Waals surface area contributed by atoms with E-state index in [0.29, 0.717) is 0 Å². The summed E-state index contributed by atoms with van der Waals surface area (Å²) in [6, 6.07) is 13.0. The number of benzene rings is 2. The van der Waals surface area contributed by atoms with Crippen LogP contribution in [0, 0.1) is 12.9 Å². The topological polar surface area (TPSA) is 38.9 Å². The second-order valence-electron chi connectivity index (χ2n) is 4.57. The minimum absolute atomic E-state index is 0.471. The van der Waals surface area contributed by atoms with Gasteiger partial charge in [0.1, 0.15) is 0 Å². The number of pyridine rings is 1. The Hall–Kier alpha value is -2.42. The molecule has 19 heavy (non-hydrogen) atoms. The number of rotatable bonds is 1. The largest absolute Gasteiger partial charge is 0.398 e. The number of hydrogen-bond donors (Lipinski definition) is 1. The van der Waals surface area contributed by atoms with Crippen molar-refractivity contribution in [2.24, 2.45) is 0 Å². The first-order valence-electron chi connectivity index (χ1n) is 6.06. The maximum absolute atomic E-state index is 12.9. The molecule has 0 unspecified atom stereocenters. The van der Waals surface area contributed by atoms with Crippen molar-refractivity contribution in [1.82, 2.24) is 4.98 Å². The molecule has 0 amide bonds. The van der Waals surface area contributed by atoms with E-state index in [1.165, 1.54) is 6.07 Å². The average molecular weight is 252 g/mol. The molecule has 3 heteroatoms. The zero-order valence-corrected chi connectivity index (χ0v) is 10.5. The van der Waals surface area contributed by atoms with Crippen LogP contribution >= 0.6 is 0 Å². The molecule has 1 heterocycles. The van der Waals surface area contributed by atoms with Crippen molar-refractivity contribution < 1.29 is 4.39 Å². The van der Waals surface area contributed by atoms with Crippen molar-refractivity contribution in [3.63, 3.8) is 0 Å². The molecule has 0 bridgehead atoms. The van der Waals surface area contributed by atoms with Crippen LogP contribution in [0.3, 0.4) is 0 Å². The van der Waals surface area contributed by atoms with Crippen LogP contribution in [-0.4, -0.2) is 4.98 Å². The first-order chi connectivity index (χ1) is 9.16. The maximum Gasteiger partial charge on any atom is 0.212 e. The van der Waals surface area contributed by atoms with Crippen LogP contribution in [0.4, 0.5) is 10.1 Å². The summed E-state index contributed by atoms with van der Waals surface area (Å²) >= 11 is 0. The Morgan fingerprint density at radius 3 is 2.47 bits per heavy atom. The van der Waals surface area contributed by atoms with E-state index in [4.69, 9.17) is 5.73 Å². The zero-order valence-electron chi connectivity index (χ0n) is 10.5. The first kappa shape index (κ1) is 11.7. The molecule has 2 N–H and O–H groups in total. The van der Waals surface area contributed by atoms with E-state index in [-0.39, 0.29) is 0 Å². The SMILES string of the molecule is Cc1cc(N)c2ccccc2c1-c1ccc(F)nc1. The predicted molar refractivity (Wildman–Crippen MR) is 76.3 cm³/mol. The summed E-state index contributed by atoms with van der Waals surface area (Å²) in [7, 11) is 0. The van der Waals surface area contributed by atoms with E-state index in [0.717, 1.165) is 33.2 Å². The van der Waals surface area contributed by atoms with Crippen molar-refractivity contribution in [3.8, 4) is 11.1 Å². The molecular formula is C16H13FN2. The Balaban J connectivity index is 2.37. The Labute approximate surface area is 110 Å². The van der Waals surface area contributed by atoms with Crippen molar-refractivity contribution in [1.29, 1.82) is 0 Å². The molecule has 3 aromatic rings. The third-order valence-electron chi connectivity index (χ3n) is 3.29. The molecule has 3 rings (SSSR count). The fourth-order valence-corrected chi connectivity index (χ4v) is 2.46. The summed E-state index contributed by atoms with van der Waals surface area (Å²) in [5, 5.41) is 2.07. The quantitative estimate of drug-likeness (QED) is 0.526. The minimum Gasteiger partial charge on any atom is -0.398 e. The molecule has 1 aromatic heterocycles. The lowest BCUT2D eigenvalue weighted by Gasteiger charge is -2.12. The molecule has 0 saturated heterocycles. The zero-order chi connectivity index (χ0) is 13.4. The Morgan fingerprint density at radius 2 is 1.79 bits per heavy atom. The Bertz CT molecular complexity index is 749. The van der Waals surface area contributed by atoms with Crippen molar-refractivity contribution in [3.05, 3.63) is 60.2 Å². The number of hydrogen-bond acceptors (Lipinski definition) is 2. The van der Waals surface area contributed by atoms with E-state index >= 15 is 0 Å². The molecule has 0 fully saturated rings. The van der Waals surface area contributed by atoms with E-state index in [1.54, 1.807) is 12.3 Å². The summed E-state index contributed by atoms with van der Waals surface area (Å²) in [4.78, 5) is 3.73. The van der Waals surface area contributed by atoms with E-state index in [2.05, 4.69) is 4.98 Å². The number of nitrogens with two attached hydrogens (primary N) is 1. The van der Waals surface area contributed by atoms with Crippen LogP contribution in [0.25, 0.3) is 21.9 Å². The molecule has 0 radical (unpaired) electrons. The van der Waals surface area contributed by atoms with E-state index < -0.39 is 5.95 Å². The van der Waals surface area contributed by atoms with Gasteiger partial charge in [-0.2, -0.15) is 4.39 Å². The lowest BCUT2D eigenvalue weighted by Crippen LogP contribution is -1.93. The number of halogens is 1. The molecule has 0 aliphatic heterocycles. The monoisotopic (exact) mass is 252 g/mol. The average Bonchev–Trinajstić information content (AvgIpc) is 2.41. The van der Waals surface area contributed by atoms with Crippen LogP contribution in [0.2, 0.25) is 0 Å². The second kappa shape index (κ2) is 4.35. The van der Waals surface area contributed by atoms with Gasteiger partial charge in [-0.3, -0.25) is 0 Å². The van der Waals surface area contributed by atoms with Gasteiger partial charge in [-0.15, -0.1) is 0 Å². The van der Waals surface area contributed by atoms with Gasteiger partial charge in [0, 0.05) is 22.8 Å². The maximum atomic E-state index is 12.9. The second-order valence-corrected chi connectivity index (χ2v) is 4.57. The molecule has 0 aliphatic rings.